The van der Waals surface area contributed by atoms with Crippen LogP contribution in [0.5, 0.6) is 0 Å². The summed E-state index contributed by atoms with van der Waals surface area (Å²) in [5, 5.41) is 2.93. The number of nitrogens with one attached hydrogen (secondary N) is 1. The lowest BCUT2D eigenvalue weighted by Gasteiger charge is -2.33. The molecule has 2 aromatic rings. The van der Waals surface area contributed by atoms with Gasteiger partial charge >= 0.3 is 0 Å². The Morgan fingerprint density at radius 2 is 2.00 bits per heavy atom. The number of ether oxygens (including phenoxy) is 1. The van der Waals surface area contributed by atoms with Gasteiger partial charge in [0.25, 0.3) is 5.91 Å². The molecule has 1 aliphatic rings. The van der Waals surface area contributed by atoms with E-state index in [0.717, 1.165) is 50.5 Å². The maximum atomic E-state index is 12.3. The summed E-state index contributed by atoms with van der Waals surface area (Å²) in [6, 6.07) is 14.4. The first kappa shape index (κ1) is 19.4. The minimum Gasteiger partial charge on any atom is -0.385 e. The Labute approximate surface area is 161 Å². The molecule has 0 aliphatic carbocycles. The van der Waals surface area contributed by atoms with Crippen molar-refractivity contribution in [2.75, 3.05) is 38.3 Å². The number of hydrogen-bond acceptors (Lipinski definition) is 4. The second-order valence-corrected chi connectivity index (χ2v) is 7.13. The molecule has 0 bridgehead atoms. The standard InChI is InChI=1S/C22H29N3O2/c1-27-15-5-11-24-22(26)20-8-12-23-21(17-20)25-13-9-19(10-14-25)16-18-6-3-2-4-7-18/h2-4,6-8,12,17,19H,5,9-11,13-16H2,1H3,(H,24,26). The summed E-state index contributed by atoms with van der Waals surface area (Å²) in [6.07, 6.45) is 6.00. The lowest BCUT2D eigenvalue weighted by atomic mass is 9.90. The third kappa shape index (κ3) is 5.79. The zero-order chi connectivity index (χ0) is 18.9. The van der Waals surface area contributed by atoms with Crippen molar-refractivity contribution in [2.45, 2.75) is 25.7 Å². The number of pyridine rings is 1. The van der Waals surface area contributed by atoms with Crippen LogP contribution >= 0.6 is 0 Å². The van der Waals surface area contributed by atoms with Gasteiger partial charge in [0, 0.05) is 45.1 Å². The molecule has 1 fully saturated rings. The van der Waals surface area contributed by atoms with Gasteiger partial charge in [-0.1, -0.05) is 30.3 Å². The molecule has 0 radical (unpaired) electrons. The van der Waals surface area contributed by atoms with E-state index in [4.69, 9.17) is 4.74 Å². The normalized spacial score (nSPS) is 14.9. The molecule has 0 unspecified atom stereocenters. The number of carbonyl (C=O) groups excluding carboxylic acids is 1. The van der Waals surface area contributed by atoms with Crippen LogP contribution in [0.2, 0.25) is 0 Å². The number of nitrogens with zero attached hydrogens (tertiary/aromatic N) is 2. The van der Waals surface area contributed by atoms with Crippen LogP contribution < -0.4 is 10.2 Å². The van der Waals surface area contributed by atoms with E-state index in [2.05, 4.69) is 45.5 Å². The fourth-order valence-electron chi connectivity index (χ4n) is 3.57. The molecule has 5 heteroatoms. The predicted octanol–water partition coefficient (Wildman–Crippen LogP) is 3.31. The Morgan fingerprint density at radius 3 is 2.74 bits per heavy atom. The third-order valence-electron chi connectivity index (χ3n) is 5.12. The number of rotatable bonds is 8. The molecule has 2 heterocycles. The van der Waals surface area contributed by atoms with Gasteiger partial charge < -0.3 is 15.0 Å². The van der Waals surface area contributed by atoms with Crippen LogP contribution in [0.15, 0.2) is 48.7 Å². The maximum Gasteiger partial charge on any atom is 0.251 e. The van der Waals surface area contributed by atoms with Crippen LogP contribution in [0.25, 0.3) is 0 Å². The van der Waals surface area contributed by atoms with Crippen molar-refractivity contribution in [3.05, 3.63) is 59.8 Å². The fourth-order valence-corrected chi connectivity index (χ4v) is 3.57. The van der Waals surface area contributed by atoms with Crippen molar-refractivity contribution in [1.29, 1.82) is 0 Å². The largest absolute Gasteiger partial charge is 0.385 e. The predicted molar refractivity (Wildman–Crippen MR) is 108 cm³/mol. The van der Waals surface area contributed by atoms with E-state index in [-0.39, 0.29) is 5.91 Å². The molecule has 0 atom stereocenters. The van der Waals surface area contributed by atoms with Gasteiger partial charge in [0.15, 0.2) is 0 Å². The molecule has 3 rings (SSSR count). The highest BCUT2D eigenvalue weighted by molar-refractivity contribution is 5.94. The SMILES string of the molecule is COCCCNC(=O)c1ccnc(N2CCC(Cc3ccccc3)CC2)c1. The Morgan fingerprint density at radius 1 is 1.22 bits per heavy atom. The first-order valence-electron chi connectivity index (χ1n) is 9.78. The first-order chi connectivity index (χ1) is 13.3. The van der Waals surface area contributed by atoms with Gasteiger partial charge in [-0.25, -0.2) is 4.98 Å². The average molecular weight is 367 g/mol. The zero-order valence-electron chi connectivity index (χ0n) is 16.1. The number of anilines is 1. The van der Waals surface area contributed by atoms with Gasteiger partial charge in [0.05, 0.1) is 0 Å². The van der Waals surface area contributed by atoms with E-state index >= 15 is 0 Å². The van der Waals surface area contributed by atoms with Crippen LogP contribution in [-0.4, -0.2) is 44.2 Å². The zero-order valence-corrected chi connectivity index (χ0v) is 16.1. The van der Waals surface area contributed by atoms with Gasteiger partial charge in [-0.15, -0.1) is 0 Å². The molecule has 1 saturated heterocycles. The van der Waals surface area contributed by atoms with E-state index in [1.54, 1.807) is 19.4 Å². The fraction of sp³-hybridized carbons (Fsp3) is 0.455. The van der Waals surface area contributed by atoms with E-state index in [1.807, 2.05) is 6.07 Å². The Balaban J connectivity index is 1.51. The van der Waals surface area contributed by atoms with Crippen molar-refractivity contribution in [3.63, 3.8) is 0 Å². The highest BCUT2D eigenvalue weighted by Crippen LogP contribution is 2.25. The van der Waals surface area contributed by atoms with Crippen molar-refractivity contribution < 1.29 is 9.53 Å². The number of benzene rings is 1. The number of amides is 1. The number of aromatic nitrogens is 1. The second-order valence-electron chi connectivity index (χ2n) is 7.13. The lowest BCUT2D eigenvalue weighted by Crippen LogP contribution is -2.35. The number of hydrogen-bond donors (Lipinski definition) is 1. The molecule has 1 amide bonds. The number of piperidine rings is 1. The summed E-state index contributed by atoms with van der Waals surface area (Å²) < 4.78 is 5.01. The summed E-state index contributed by atoms with van der Waals surface area (Å²) in [7, 11) is 1.67. The van der Waals surface area contributed by atoms with Crippen molar-refractivity contribution >= 4 is 11.7 Å². The van der Waals surface area contributed by atoms with Gasteiger partial charge in [-0.05, 0) is 49.3 Å². The maximum absolute atomic E-state index is 12.3. The molecular formula is C22H29N3O2. The van der Waals surface area contributed by atoms with Crippen LogP contribution in [0.4, 0.5) is 5.82 Å². The van der Waals surface area contributed by atoms with Crippen LogP contribution in [0.3, 0.4) is 0 Å². The molecule has 27 heavy (non-hydrogen) atoms. The molecule has 5 nitrogen and oxygen atoms in total. The van der Waals surface area contributed by atoms with Crippen molar-refractivity contribution in [3.8, 4) is 0 Å². The second kappa shape index (κ2) is 10.1. The lowest BCUT2D eigenvalue weighted by molar-refractivity contribution is 0.0948. The molecular weight excluding hydrogens is 338 g/mol. The first-order valence-corrected chi connectivity index (χ1v) is 9.78. The van der Waals surface area contributed by atoms with Gasteiger partial charge in [0.2, 0.25) is 0 Å². The van der Waals surface area contributed by atoms with Crippen LogP contribution in [0, 0.1) is 5.92 Å². The molecule has 1 N–H and O–H groups in total. The van der Waals surface area contributed by atoms with Gasteiger partial charge in [0.1, 0.15) is 5.82 Å². The quantitative estimate of drug-likeness (QED) is 0.728. The Bertz CT molecular complexity index is 713. The van der Waals surface area contributed by atoms with Crippen molar-refractivity contribution in [2.24, 2.45) is 5.92 Å². The van der Waals surface area contributed by atoms with Crippen LogP contribution in [-0.2, 0) is 11.2 Å². The van der Waals surface area contributed by atoms with Crippen LogP contribution in [0.1, 0.15) is 35.2 Å². The number of methoxy groups -OCH3 is 1. The monoisotopic (exact) mass is 367 g/mol. The Kier molecular flexibility index (Phi) is 7.22. The van der Waals surface area contributed by atoms with Gasteiger partial charge in [-0.2, -0.15) is 0 Å². The van der Waals surface area contributed by atoms with E-state index < -0.39 is 0 Å². The van der Waals surface area contributed by atoms with Gasteiger partial charge in [-0.3, -0.25) is 4.79 Å². The Hall–Kier alpha value is -2.40. The van der Waals surface area contributed by atoms with Crippen molar-refractivity contribution in [1.82, 2.24) is 10.3 Å². The average Bonchev–Trinajstić information content (AvgIpc) is 2.72. The summed E-state index contributed by atoms with van der Waals surface area (Å²) >= 11 is 0. The highest BCUT2D eigenvalue weighted by Gasteiger charge is 2.21. The molecule has 1 aliphatic heterocycles. The van der Waals surface area contributed by atoms with E-state index in [9.17, 15) is 4.79 Å². The smallest absolute Gasteiger partial charge is 0.251 e. The topological polar surface area (TPSA) is 54.5 Å². The third-order valence-corrected chi connectivity index (χ3v) is 5.12. The highest BCUT2D eigenvalue weighted by atomic mass is 16.5. The minimum absolute atomic E-state index is 0.0475. The molecule has 0 spiro atoms. The summed E-state index contributed by atoms with van der Waals surface area (Å²) in [6.45, 7) is 3.25. The van der Waals surface area contributed by atoms with E-state index in [1.165, 1.54) is 5.56 Å². The number of carbonyl (C=O) groups is 1. The molecule has 1 aromatic heterocycles. The summed E-state index contributed by atoms with van der Waals surface area (Å²) in [5.41, 5.74) is 2.09. The van der Waals surface area contributed by atoms with E-state index in [0.29, 0.717) is 18.7 Å². The molecule has 144 valence electrons. The summed E-state index contributed by atoms with van der Waals surface area (Å²) in [5.74, 6) is 1.57. The summed E-state index contributed by atoms with van der Waals surface area (Å²) in [4.78, 5) is 19.1. The molecule has 0 saturated carbocycles. The minimum atomic E-state index is -0.0475. The molecule has 1 aromatic carbocycles.